The Labute approximate surface area is 224 Å². The van der Waals surface area contributed by atoms with Crippen LogP contribution in [0, 0.1) is 6.92 Å². The number of rotatable bonds is 6. The lowest BCUT2D eigenvalue weighted by atomic mass is 10.1. The molecule has 0 amide bonds. The Hall–Kier alpha value is -5.37. The molecule has 39 heavy (non-hydrogen) atoms. The van der Waals surface area contributed by atoms with Crippen LogP contribution >= 0.6 is 0 Å². The van der Waals surface area contributed by atoms with E-state index in [2.05, 4.69) is 10.1 Å². The molecule has 0 saturated carbocycles. The minimum absolute atomic E-state index is 0.265. The Morgan fingerprint density at radius 3 is 2.36 bits per heavy atom. The molecule has 8 heteroatoms. The highest BCUT2D eigenvalue weighted by atomic mass is 16.5. The fourth-order valence-electron chi connectivity index (χ4n) is 4.32. The maximum Gasteiger partial charge on any atom is 0.282 e. The van der Waals surface area contributed by atoms with Crippen LogP contribution in [-0.4, -0.2) is 37.7 Å². The van der Waals surface area contributed by atoms with Crippen molar-refractivity contribution in [2.75, 3.05) is 7.11 Å². The van der Waals surface area contributed by atoms with Crippen LogP contribution in [0.15, 0.2) is 113 Å². The summed E-state index contributed by atoms with van der Waals surface area (Å²) in [6.45, 7) is 2.04. The van der Waals surface area contributed by atoms with Gasteiger partial charge in [-0.05, 0) is 67.6 Å². The Balaban J connectivity index is 1.52. The Morgan fingerprint density at radius 2 is 1.62 bits per heavy atom. The average Bonchev–Trinajstić information content (AvgIpc) is 3.42. The summed E-state index contributed by atoms with van der Waals surface area (Å²) in [6.07, 6.45) is 7.00. The van der Waals surface area contributed by atoms with Gasteiger partial charge in [0.25, 0.3) is 5.56 Å². The van der Waals surface area contributed by atoms with Gasteiger partial charge in [0.05, 0.1) is 29.9 Å². The van der Waals surface area contributed by atoms with E-state index in [1.807, 2.05) is 96.7 Å². The van der Waals surface area contributed by atoms with Crippen molar-refractivity contribution in [1.29, 1.82) is 0 Å². The molecule has 0 spiro atoms. The van der Waals surface area contributed by atoms with Gasteiger partial charge in [-0.2, -0.15) is 14.9 Å². The predicted molar refractivity (Wildman–Crippen MR) is 153 cm³/mol. The first kappa shape index (κ1) is 24.0. The van der Waals surface area contributed by atoms with Crippen LogP contribution in [-0.2, 0) is 0 Å². The SMILES string of the molecule is COc1ccc(-c2nc3ccccc3c(=O)n2/N=C/c2cn(-c3ccc(C)cc3)nc2-c2ccncc2)cc1. The van der Waals surface area contributed by atoms with E-state index in [1.165, 1.54) is 4.68 Å². The van der Waals surface area contributed by atoms with Crippen LogP contribution < -0.4 is 10.3 Å². The molecule has 190 valence electrons. The number of hydrogen-bond acceptors (Lipinski definition) is 6. The van der Waals surface area contributed by atoms with E-state index in [1.54, 1.807) is 31.8 Å². The maximum absolute atomic E-state index is 13.6. The average molecular weight is 513 g/mol. The van der Waals surface area contributed by atoms with Crippen LogP contribution in [0.3, 0.4) is 0 Å². The van der Waals surface area contributed by atoms with Gasteiger partial charge in [0.2, 0.25) is 0 Å². The zero-order valence-corrected chi connectivity index (χ0v) is 21.4. The van der Waals surface area contributed by atoms with E-state index in [0.29, 0.717) is 22.5 Å². The van der Waals surface area contributed by atoms with Gasteiger partial charge in [0.15, 0.2) is 5.82 Å². The lowest BCUT2D eigenvalue weighted by Crippen LogP contribution is -2.20. The molecule has 0 radical (unpaired) electrons. The molecule has 0 aliphatic heterocycles. The number of ether oxygens (including phenoxy) is 1. The van der Waals surface area contributed by atoms with Gasteiger partial charge in [0, 0.05) is 35.3 Å². The molecule has 8 nitrogen and oxygen atoms in total. The molecule has 3 aromatic carbocycles. The molecule has 0 unspecified atom stereocenters. The molecule has 6 rings (SSSR count). The highest BCUT2D eigenvalue weighted by molar-refractivity contribution is 5.89. The third-order valence-electron chi connectivity index (χ3n) is 6.41. The number of methoxy groups -OCH3 is 1. The minimum Gasteiger partial charge on any atom is -0.497 e. The van der Waals surface area contributed by atoms with Gasteiger partial charge in [-0.25, -0.2) is 9.67 Å². The minimum atomic E-state index is -0.265. The van der Waals surface area contributed by atoms with E-state index >= 15 is 0 Å². The van der Waals surface area contributed by atoms with Crippen LogP contribution in [0.1, 0.15) is 11.1 Å². The molecule has 0 N–H and O–H groups in total. The molecular formula is C31H24N6O2. The number of aryl methyl sites for hydroxylation is 1. The van der Waals surface area contributed by atoms with Gasteiger partial charge in [0.1, 0.15) is 11.4 Å². The van der Waals surface area contributed by atoms with Crippen molar-refractivity contribution >= 4 is 17.1 Å². The number of para-hydroxylation sites is 1. The molecule has 3 aromatic heterocycles. The number of hydrogen-bond donors (Lipinski definition) is 0. The van der Waals surface area contributed by atoms with Crippen molar-refractivity contribution in [1.82, 2.24) is 24.4 Å². The molecule has 0 saturated heterocycles. The first-order chi connectivity index (χ1) is 19.1. The summed E-state index contributed by atoms with van der Waals surface area (Å²) in [5, 5.41) is 10.00. The van der Waals surface area contributed by atoms with Crippen molar-refractivity contribution in [3.63, 3.8) is 0 Å². The van der Waals surface area contributed by atoms with Crippen LogP contribution in [0.25, 0.3) is 39.2 Å². The maximum atomic E-state index is 13.6. The molecular weight excluding hydrogens is 488 g/mol. The summed E-state index contributed by atoms with van der Waals surface area (Å²) in [5.74, 6) is 1.14. The second kappa shape index (κ2) is 10.2. The van der Waals surface area contributed by atoms with Crippen molar-refractivity contribution in [2.45, 2.75) is 6.92 Å². The smallest absolute Gasteiger partial charge is 0.282 e. The molecule has 3 heterocycles. The standard InChI is InChI=1S/C31H24N6O2/c1-21-7-11-25(12-8-21)36-20-24(29(35-36)22-15-17-32-18-16-22)19-33-37-30(23-9-13-26(39-2)14-10-23)34-28-6-4-3-5-27(28)31(37)38/h3-20H,1-2H3/b33-19+. The van der Waals surface area contributed by atoms with E-state index < -0.39 is 0 Å². The van der Waals surface area contributed by atoms with Gasteiger partial charge in [-0.1, -0.05) is 29.8 Å². The van der Waals surface area contributed by atoms with Crippen molar-refractivity contribution in [3.8, 4) is 34.1 Å². The number of benzene rings is 3. The summed E-state index contributed by atoms with van der Waals surface area (Å²) in [5.41, 5.74) is 5.49. The third kappa shape index (κ3) is 4.71. The Kier molecular flexibility index (Phi) is 6.26. The van der Waals surface area contributed by atoms with Crippen molar-refractivity contribution < 1.29 is 4.74 Å². The zero-order valence-electron chi connectivity index (χ0n) is 21.4. The van der Waals surface area contributed by atoms with Gasteiger partial charge < -0.3 is 4.74 Å². The quantitative estimate of drug-likeness (QED) is 0.275. The molecule has 0 bridgehead atoms. The summed E-state index contributed by atoms with van der Waals surface area (Å²) >= 11 is 0. The molecule has 6 aromatic rings. The fourth-order valence-corrected chi connectivity index (χ4v) is 4.32. The van der Waals surface area contributed by atoms with E-state index in [0.717, 1.165) is 33.6 Å². The van der Waals surface area contributed by atoms with Crippen LogP contribution in [0.2, 0.25) is 0 Å². The number of aromatic nitrogens is 5. The highest BCUT2D eigenvalue weighted by Gasteiger charge is 2.15. The first-order valence-corrected chi connectivity index (χ1v) is 12.4. The highest BCUT2D eigenvalue weighted by Crippen LogP contribution is 2.24. The summed E-state index contributed by atoms with van der Waals surface area (Å²) < 4.78 is 8.45. The summed E-state index contributed by atoms with van der Waals surface area (Å²) in [7, 11) is 1.61. The van der Waals surface area contributed by atoms with E-state index in [-0.39, 0.29) is 5.56 Å². The van der Waals surface area contributed by atoms with Gasteiger partial charge >= 0.3 is 0 Å². The van der Waals surface area contributed by atoms with Crippen molar-refractivity contribution in [3.05, 3.63) is 125 Å². The van der Waals surface area contributed by atoms with Crippen molar-refractivity contribution in [2.24, 2.45) is 5.10 Å². The Bertz CT molecular complexity index is 1850. The molecule has 0 aliphatic rings. The normalized spacial score (nSPS) is 11.3. The Morgan fingerprint density at radius 1 is 0.872 bits per heavy atom. The lowest BCUT2D eigenvalue weighted by Gasteiger charge is -2.10. The largest absolute Gasteiger partial charge is 0.497 e. The predicted octanol–water partition coefficient (Wildman–Crippen LogP) is 5.51. The second-order valence-electron chi connectivity index (χ2n) is 8.99. The third-order valence-corrected chi connectivity index (χ3v) is 6.41. The lowest BCUT2D eigenvalue weighted by molar-refractivity contribution is 0.415. The fraction of sp³-hybridized carbons (Fsp3) is 0.0645. The monoisotopic (exact) mass is 512 g/mol. The topological polar surface area (TPSA) is 87.2 Å². The molecule has 0 atom stereocenters. The van der Waals surface area contributed by atoms with E-state index in [4.69, 9.17) is 14.8 Å². The zero-order chi connectivity index (χ0) is 26.8. The van der Waals surface area contributed by atoms with Gasteiger partial charge in [-0.3, -0.25) is 9.78 Å². The number of fused-ring (bicyclic) bond motifs is 1. The molecule has 0 aliphatic carbocycles. The van der Waals surface area contributed by atoms with Crippen LogP contribution in [0.5, 0.6) is 5.75 Å². The van der Waals surface area contributed by atoms with Crippen LogP contribution in [0.4, 0.5) is 0 Å². The number of nitrogens with zero attached hydrogens (tertiary/aromatic N) is 6. The molecule has 0 fully saturated rings. The summed E-state index contributed by atoms with van der Waals surface area (Å²) in [6, 6.07) is 26.5. The van der Waals surface area contributed by atoms with Gasteiger partial charge in [-0.15, -0.1) is 0 Å². The number of pyridine rings is 1. The summed E-state index contributed by atoms with van der Waals surface area (Å²) in [4.78, 5) is 22.6. The first-order valence-electron chi connectivity index (χ1n) is 12.4. The van der Waals surface area contributed by atoms with E-state index in [9.17, 15) is 4.79 Å². The second-order valence-corrected chi connectivity index (χ2v) is 8.99.